The largest absolute Gasteiger partial charge is 0.497 e. The number of aliphatic hydroxyl groups excluding tert-OH is 1. The third-order valence-electron chi connectivity index (χ3n) is 4.57. The van der Waals surface area contributed by atoms with E-state index in [0.29, 0.717) is 18.7 Å². The van der Waals surface area contributed by atoms with E-state index in [1.165, 1.54) is 0 Å². The van der Waals surface area contributed by atoms with Crippen LogP contribution in [0.4, 0.5) is 0 Å². The van der Waals surface area contributed by atoms with E-state index in [9.17, 15) is 9.90 Å². The molecule has 0 aliphatic carbocycles. The van der Waals surface area contributed by atoms with Gasteiger partial charge < -0.3 is 19.2 Å². The summed E-state index contributed by atoms with van der Waals surface area (Å²) in [6.45, 7) is 4.25. The zero-order chi connectivity index (χ0) is 17.3. The molecule has 1 aliphatic heterocycles. The van der Waals surface area contributed by atoms with Crippen LogP contribution < -0.4 is 4.74 Å². The normalized spacial score (nSPS) is 20.4. The third-order valence-corrected chi connectivity index (χ3v) is 4.57. The number of rotatable bonds is 4. The zero-order valence-electron chi connectivity index (χ0n) is 14.3. The molecular weight excluding hydrogens is 306 g/mol. The monoisotopic (exact) mass is 329 g/mol. The molecule has 2 aromatic rings. The maximum absolute atomic E-state index is 12.9. The van der Waals surface area contributed by atoms with Crippen molar-refractivity contribution in [2.24, 2.45) is 0 Å². The Balaban J connectivity index is 1.90. The molecule has 2 unspecified atom stereocenters. The van der Waals surface area contributed by atoms with Crippen molar-refractivity contribution in [1.29, 1.82) is 0 Å². The zero-order valence-corrected chi connectivity index (χ0v) is 14.3. The molecule has 0 saturated carbocycles. The van der Waals surface area contributed by atoms with Crippen molar-refractivity contribution < 1.29 is 19.1 Å². The van der Waals surface area contributed by atoms with Gasteiger partial charge in [0.1, 0.15) is 11.5 Å². The number of aryl methyl sites for hydroxylation is 2. The number of methoxy groups -OCH3 is 1. The molecule has 1 fully saturated rings. The van der Waals surface area contributed by atoms with Gasteiger partial charge in [0.2, 0.25) is 0 Å². The van der Waals surface area contributed by atoms with Gasteiger partial charge >= 0.3 is 0 Å². The van der Waals surface area contributed by atoms with Crippen LogP contribution in [0, 0.1) is 6.92 Å². The van der Waals surface area contributed by atoms with Crippen LogP contribution in [-0.4, -0.2) is 35.7 Å². The minimum absolute atomic E-state index is 0.179. The summed E-state index contributed by atoms with van der Waals surface area (Å²) in [6, 6.07) is 9.23. The summed E-state index contributed by atoms with van der Waals surface area (Å²) in [5.74, 6) is 1.73. The lowest BCUT2D eigenvalue weighted by Gasteiger charge is -2.24. The first-order chi connectivity index (χ1) is 11.5. The van der Waals surface area contributed by atoms with E-state index < -0.39 is 6.10 Å². The fraction of sp³-hybridized carbons (Fsp3) is 0.421. The number of likely N-dealkylation sites (tertiary alicyclic amines) is 1. The molecule has 1 aromatic heterocycles. The van der Waals surface area contributed by atoms with Gasteiger partial charge in [0.25, 0.3) is 5.91 Å². The van der Waals surface area contributed by atoms with Crippen molar-refractivity contribution in [2.75, 3.05) is 13.7 Å². The summed E-state index contributed by atoms with van der Waals surface area (Å²) in [7, 11) is 1.61. The summed E-state index contributed by atoms with van der Waals surface area (Å²) in [6.07, 6.45) is 0.729. The SMILES string of the molecule is CCc1oc(C(=O)N2CC(O)CC2c2cccc(OC)c2)cc1C. The quantitative estimate of drug-likeness (QED) is 0.936. The van der Waals surface area contributed by atoms with Crippen LogP contribution in [0.25, 0.3) is 0 Å². The Morgan fingerprint density at radius 1 is 1.42 bits per heavy atom. The average molecular weight is 329 g/mol. The second-order valence-corrected chi connectivity index (χ2v) is 6.21. The van der Waals surface area contributed by atoms with E-state index in [4.69, 9.17) is 9.15 Å². The Labute approximate surface area is 141 Å². The van der Waals surface area contributed by atoms with Crippen molar-refractivity contribution in [3.8, 4) is 5.75 Å². The number of aliphatic hydroxyl groups is 1. The van der Waals surface area contributed by atoms with Crippen LogP contribution in [0.1, 0.15) is 46.8 Å². The standard InChI is InChI=1S/C19H23NO4/c1-4-17-12(2)8-18(24-17)19(22)20-11-14(21)10-16(20)13-6-5-7-15(9-13)23-3/h5-9,14,16,21H,4,10-11H2,1-3H3. The number of hydrogen-bond donors (Lipinski definition) is 1. The van der Waals surface area contributed by atoms with Gasteiger partial charge in [-0.3, -0.25) is 4.79 Å². The molecule has 24 heavy (non-hydrogen) atoms. The highest BCUT2D eigenvalue weighted by molar-refractivity contribution is 5.92. The highest BCUT2D eigenvalue weighted by Crippen LogP contribution is 2.35. The molecule has 1 saturated heterocycles. The molecule has 1 N–H and O–H groups in total. The Morgan fingerprint density at radius 2 is 2.21 bits per heavy atom. The van der Waals surface area contributed by atoms with E-state index in [2.05, 4.69) is 0 Å². The number of β-amino-alcohol motifs (C(OH)–C–C–N with tert-alkyl or cyclic N) is 1. The van der Waals surface area contributed by atoms with Crippen LogP contribution in [0.3, 0.4) is 0 Å². The Morgan fingerprint density at radius 3 is 2.88 bits per heavy atom. The van der Waals surface area contributed by atoms with Crippen molar-refractivity contribution in [3.63, 3.8) is 0 Å². The van der Waals surface area contributed by atoms with Crippen molar-refractivity contribution in [2.45, 2.75) is 38.8 Å². The van der Waals surface area contributed by atoms with Gasteiger partial charge in [0.05, 0.1) is 19.3 Å². The van der Waals surface area contributed by atoms with Gasteiger partial charge in [-0.2, -0.15) is 0 Å². The van der Waals surface area contributed by atoms with Gasteiger partial charge in [-0.25, -0.2) is 0 Å². The van der Waals surface area contributed by atoms with Gasteiger partial charge in [-0.15, -0.1) is 0 Å². The highest BCUT2D eigenvalue weighted by Gasteiger charge is 2.37. The molecule has 5 heteroatoms. The number of nitrogens with zero attached hydrogens (tertiary/aromatic N) is 1. The molecule has 128 valence electrons. The molecule has 0 spiro atoms. The molecule has 2 heterocycles. The predicted molar refractivity (Wildman–Crippen MR) is 90.2 cm³/mol. The van der Waals surface area contributed by atoms with Crippen LogP contribution in [-0.2, 0) is 6.42 Å². The molecule has 1 aromatic carbocycles. The molecule has 2 atom stereocenters. The Kier molecular flexibility index (Phi) is 4.62. The van der Waals surface area contributed by atoms with Crippen LogP contribution in [0.5, 0.6) is 5.75 Å². The molecular formula is C19H23NO4. The molecule has 1 amide bonds. The second-order valence-electron chi connectivity index (χ2n) is 6.21. The van der Waals surface area contributed by atoms with Gasteiger partial charge in [0.15, 0.2) is 5.76 Å². The number of furan rings is 1. The maximum Gasteiger partial charge on any atom is 0.290 e. The number of ether oxygens (including phenoxy) is 1. The number of carbonyl (C=O) groups excluding carboxylic acids is 1. The topological polar surface area (TPSA) is 62.9 Å². The van der Waals surface area contributed by atoms with Crippen molar-refractivity contribution >= 4 is 5.91 Å². The van der Waals surface area contributed by atoms with Gasteiger partial charge in [-0.1, -0.05) is 19.1 Å². The summed E-state index contributed by atoms with van der Waals surface area (Å²) in [4.78, 5) is 14.6. The Bertz CT molecular complexity index is 737. The highest BCUT2D eigenvalue weighted by atomic mass is 16.5. The number of benzene rings is 1. The summed E-state index contributed by atoms with van der Waals surface area (Å²) < 4.78 is 11.0. The third kappa shape index (κ3) is 3.04. The van der Waals surface area contributed by atoms with Gasteiger partial charge in [0, 0.05) is 13.0 Å². The second kappa shape index (κ2) is 6.69. The van der Waals surface area contributed by atoms with Crippen LogP contribution in [0.2, 0.25) is 0 Å². The Hall–Kier alpha value is -2.27. The minimum atomic E-state index is -0.535. The van der Waals surface area contributed by atoms with Crippen molar-refractivity contribution in [3.05, 3.63) is 53.0 Å². The smallest absolute Gasteiger partial charge is 0.290 e. The van der Waals surface area contributed by atoms with Crippen LogP contribution >= 0.6 is 0 Å². The van der Waals surface area contributed by atoms with E-state index in [-0.39, 0.29) is 11.9 Å². The summed E-state index contributed by atoms with van der Waals surface area (Å²) >= 11 is 0. The minimum Gasteiger partial charge on any atom is -0.497 e. The number of hydrogen-bond acceptors (Lipinski definition) is 4. The fourth-order valence-corrected chi connectivity index (χ4v) is 3.32. The summed E-state index contributed by atoms with van der Waals surface area (Å²) in [5.41, 5.74) is 1.94. The van der Waals surface area contributed by atoms with Crippen LogP contribution in [0.15, 0.2) is 34.7 Å². The predicted octanol–water partition coefficient (Wildman–Crippen LogP) is 3.11. The summed E-state index contributed by atoms with van der Waals surface area (Å²) in [5, 5.41) is 10.1. The van der Waals surface area contributed by atoms with E-state index in [0.717, 1.165) is 29.1 Å². The molecule has 0 radical (unpaired) electrons. The van der Waals surface area contributed by atoms with E-state index in [1.54, 1.807) is 18.1 Å². The molecule has 3 rings (SSSR count). The first-order valence-corrected chi connectivity index (χ1v) is 8.25. The lowest BCUT2D eigenvalue weighted by Crippen LogP contribution is -2.31. The fourth-order valence-electron chi connectivity index (χ4n) is 3.32. The molecule has 0 bridgehead atoms. The molecule has 5 nitrogen and oxygen atoms in total. The lowest BCUT2D eigenvalue weighted by atomic mass is 10.0. The average Bonchev–Trinajstić information content (AvgIpc) is 3.17. The van der Waals surface area contributed by atoms with E-state index in [1.807, 2.05) is 38.1 Å². The van der Waals surface area contributed by atoms with Gasteiger partial charge in [-0.05, 0) is 42.7 Å². The first-order valence-electron chi connectivity index (χ1n) is 8.25. The number of amides is 1. The first kappa shape index (κ1) is 16.6. The van der Waals surface area contributed by atoms with E-state index >= 15 is 0 Å². The molecule has 1 aliphatic rings. The van der Waals surface area contributed by atoms with Crippen molar-refractivity contribution in [1.82, 2.24) is 4.90 Å². The maximum atomic E-state index is 12.9. The number of carbonyl (C=O) groups is 1. The lowest BCUT2D eigenvalue weighted by molar-refractivity contribution is 0.0682.